The second-order valence-corrected chi connectivity index (χ2v) is 8.75. The van der Waals surface area contributed by atoms with Crippen molar-refractivity contribution in [2.45, 2.75) is 36.6 Å². The highest BCUT2D eigenvalue weighted by Gasteiger charge is 2.63. The summed E-state index contributed by atoms with van der Waals surface area (Å²) in [5.41, 5.74) is -2.28. The molecule has 33 heavy (non-hydrogen) atoms. The maximum Gasteiger partial charge on any atom is 0.253 e. The topological polar surface area (TPSA) is 140 Å². The average Bonchev–Trinajstić information content (AvgIpc) is 2.96. The van der Waals surface area contributed by atoms with Gasteiger partial charge in [-0.3, -0.25) is 4.79 Å². The van der Waals surface area contributed by atoms with Crippen LogP contribution in [0.3, 0.4) is 0 Å². The van der Waals surface area contributed by atoms with Crippen molar-refractivity contribution in [2.75, 3.05) is 27.3 Å². The van der Waals surface area contributed by atoms with Crippen molar-refractivity contribution in [3.8, 4) is 11.5 Å². The van der Waals surface area contributed by atoms with Crippen LogP contribution in [0.5, 0.6) is 11.5 Å². The molecule has 1 saturated heterocycles. The molecule has 1 fully saturated rings. The number of carbonyl (C=O) groups excluding carboxylic acids is 1. The molecule has 9 nitrogen and oxygen atoms in total. The zero-order valence-corrected chi connectivity index (χ0v) is 18.6. The van der Waals surface area contributed by atoms with E-state index in [1.54, 1.807) is 30.3 Å². The first-order valence-electron chi connectivity index (χ1n) is 10.8. The van der Waals surface area contributed by atoms with Crippen molar-refractivity contribution in [1.82, 2.24) is 4.90 Å². The zero-order chi connectivity index (χ0) is 24.0. The highest BCUT2D eigenvalue weighted by molar-refractivity contribution is 6.08. The number of benzene rings is 2. The first kappa shape index (κ1) is 23.6. The first-order valence-corrected chi connectivity index (χ1v) is 10.8. The number of ether oxygens (including phenoxy) is 2. The van der Waals surface area contributed by atoms with Crippen molar-refractivity contribution in [2.24, 2.45) is 5.92 Å². The minimum absolute atomic E-state index is 0.0357. The molecule has 0 spiro atoms. The number of hydrogen-bond acceptors (Lipinski definition) is 9. The van der Waals surface area contributed by atoms with Gasteiger partial charge in [0.25, 0.3) is 5.91 Å². The van der Waals surface area contributed by atoms with Crippen molar-refractivity contribution in [3.63, 3.8) is 0 Å². The number of methoxy groups -OCH3 is 2. The Labute approximate surface area is 191 Å². The summed E-state index contributed by atoms with van der Waals surface area (Å²) in [6.07, 6.45) is 0.649. The molecule has 0 aromatic heterocycles. The summed E-state index contributed by atoms with van der Waals surface area (Å²) < 4.78 is 10.4. The van der Waals surface area contributed by atoms with Crippen molar-refractivity contribution in [3.05, 3.63) is 59.2 Å². The van der Waals surface area contributed by atoms with Gasteiger partial charge in [-0.05, 0) is 37.3 Å². The predicted molar refractivity (Wildman–Crippen MR) is 116 cm³/mol. The van der Waals surface area contributed by atoms with Crippen LogP contribution in [0.1, 0.15) is 40.7 Å². The molecule has 2 aromatic rings. The molecule has 1 heterocycles. The lowest BCUT2D eigenvalue weighted by atomic mass is 9.79. The monoisotopic (exact) mass is 459 g/mol. The minimum Gasteiger partial charge on any atom is -0.493 e. The summed E-state index contributed by atoms with van der Waals surface area (Å²) in [5, 5.41) is 54.3. The van der Waals surface area contributed by atoms with Gasteiger partial charge in [0.15, 0.2) is 17.1 Å². The zero-order valence-electron chi connectivity index (χ0n) is 18.6. The van der Waals surface area contributed by atoms with E-state index < -0.39 is 23.1 Å². The van der Waals surface area contributed by atoms with Crippen LogP contribution >= 0.6 is 0 Å². The van der Waals surface area contributed by atoms with Crippen molar-refractivity contribution >= 4 is 5.78 Å². The van der Waals surface area contributed by atoms with Gasteiger partial charge in [-0.1, -0.05) is 30.3 Å². The number of rotatable bonds is 6. The quantitative estimate of drug-likeness (QED) is 0.394. The van der Waals surface area contributed by atoms with Crippen LogP contribution < -0.4 is 9.47 Å². The number of carbonyl (C=O) groups is 1. The van der Waals surface area contributed by atoms with E-state index in [1.807, 2.05) is 0 Å². The van der Waals surface area contributed by atoms with Gasteiger partial charge in [0.1, 0.15) is 0 Å². The van der Waals surface area contributed by atoms with Crippen LogP contribution in [0.4, 0.5) is 0 Å². The Morgan fingerprint density at radius 2 is 1.58 bits per heavy atom. The van der Waals surface area contributed by atoms with Gasteiger partial charge < -0.3 is 35.0 Å². The predicted octanol–water partition coefficient (Wildman–Crippen LogP) is 0.666. The Bertz CT molecular complexity index is 1030. The molecule has 5 N–H and O–H groups in total. The Hall–Kier alpha value is -2.53. The number of likely N-dealkylation sites (tertiary alicyclic amines) is 1. The highest BCUT2D eigenvalue weighted by Crippen LogP contribution is 2.49. The van der Waals surface area contributed by atoms with Crippen LogP contribution in [-0.2, 0) is 11.7 Å². The van der Waals surface area contributed by atoms with Gasteiger partial charge in [-0.15, -0.1) is 0 Å². The van der Waals surface area contributed by atoms with Crippen molar-refractivity contribution in [1.29, 1.82) is 0 Å². The molecule has 178 valence electrons. The normalized spacial score (nSPS) is 23.4. The molecule has 0 bridgehead atoms. The van der Waals surface area contributed by atoms with Gasteiger partial charge in [-0.25, -0.2) is 4.90 Å². The number of piperidine rings is 1. The van der Waals surface area contributed by atoms with E-state index in [4.69, 9.17) is 9.47 Å². The SMILES string of the molecule is COc1cc2c(cc1OC)C(O)(O)C(O)(CC1CCN(C(O)(O)c3ccccc3)CC1)C2=O. The standard InChI is InChI=1S/C24H29NO8/c1-32-19-12-17-18(13-20(19)33-2)23(28,29)22(27,21(17)26)14-15-8-10-25(11-9-15)24(30,31)16-6-4-3-5-7-16/h3-7,12-13,15,27-31H,8-11,14H2,1-2H3. The maximum atomic E-state index is 13.1. The van der Waals surface area contributed by atoms with Gasteiger partial charge in [0.05, 0.1) is 14.2 Å². The summed E-state index contributed by atoms with van der Waals surface area (Å²) in [4.78, 5) is 14.6. The number of fused-ring (bicyclic) bond motifs is 1. The summed E-state index contributed by atoms with van der Waals surface area (Å²) in [6.45, 7) is 0.574. The molecule has 1 aliphatic carbocycles. The van der Waals surface area contributed by atoms with E-state index in [9.17, 15) is 30.3 Å². The lowest BCUT2D eigenvalue weighted by Gasteiger charge is -2.42. The fourth-order valence-corrected chi connectivity index (χ4v) is 4.91. The summed E-state index contributed by atoms with van der Waals surface area (Å²) >= 11 is 0. The molecular weight excluding hydrogens is 430 g/mol. The van der Waals surface area contributed by atoms with E-state index in [2.05, 4.69) is 0 Å². The minimum atomic E-state index is -2.81. The van der Waals surface area contributed by atoms with Crippen LogP contribution in [-0.4, -0.2) is 69.1 Å². The van der Waals surface area contributed by atoms with E-state index in [0.29, 0.717) is 18.4 Å². The maximum absolute atomic E-state index is 13.1. The van der Waals surface area contributed by atoms with Gasteiger partial charge in [-0.2, -0.15) is 0 Å². The Morgan fingerprint density at radius 1 is 1.00 bits per heavy atom. The smallest absolute Gasteiger partial charge is 0.253 e. The molecule has 0 saturated carbocycles. The van der Waals surface area contributed by atoms with E-state index in [-0.39, 0.29) is 48.1 Å². The summed E-state index contributed by atoms with van der Waals surface area (Å²) in [7, 11) is 2.78. The van der Waals surface area contributed by atoms with Crippen LogP contribution in [0.2, 0.25) is 0 Å². The summed E-state index contributed by atoms with van der Waals surface area (Å²) in [5.74, 6) is -5.56. The first-order chi connectivity index (χ1) is 15.6. The second-order valence-electron chi connectivity index (χ2n) is 8.75. The number of hydrogen-bond donors (Lipinski definition) is 5. The largest absolute Gasteiger partial charge is 0.493 e. The molecule has 0 radical (unpaired) electrons. The van der Waals surface area contributed by atoms with Gasteiger partial charge in [0, 0.05) is 29.8 Å². The molecule has 1 atom stereocenters. The molecule has 2 aromatic carbocycles. The molecule has 4 rings (SSSR count). The summed E-state index contributed by atoms with van der Waals surface area (Å²) in [6, 6.07) is 11.1. The lowest BCUT2D eigenvalue weighted by molar-refractivity contribution is -0.284. The third-order valence-corrected chi connectivity index (χ3v) is 6.90. The van der Waals surface area contributed by atoms with Crippen LogP contribution in [0.15, 0.2) is 42.5 Å². The van der Waals surface area contributed by atoms with E-state index >= 15 is 0 Å². The Morgan fingerprint density at radius 3 is 2.15 bits per heavy atom. The molecule has 1 unspecified atom stereocenters. The third kappa shape index (κ3) is 3.71. The Kier molecular flexibility index (Phi) is 5.98. The fraction of sp³-hybridized carbons (Fsp3) is 0.458. The number of Topliss-reactive ketones (excluding diaryl/α,β-unsaturated/α-hetero) is 1. The molecule has 1 aliphatic heterocycles. The number of aliphatic hydroxyl groups is 5. The average molecular weight is 459 g/mol. The second kappa shape index (κ2) is 8.35. The third-order valence-electron chi connectivity index (χ3n) is 6.90. The lowest BCUT2D eigenvalue weighted by Crippen LogP contribution is -2.55. The molecule has 2 aliphatic rings. The number of ketones is 1. The molecule has 9 heteroatoms. The van der Waals surface area contributed by atoms with Crippen LogP contribution in [0, 0.1) is 5.92 Å². The molecular formula is C24H29NO8. The highest BCUT2D eigenvalue weighted by atomic mass is 16.5. The van der Waals surface area contributed by atoms with Gasteiger partial charge >= 0.3 is 0 Å². The van der Waals surface area contributed by atoms with Crippen LogP contribution in [0.25, 0.3) is 0 Å². The van der Waals surface area contributed by atoms with Crippen molar-refractivity contribution < 1.29 is 39.8 Å². The van der Waals surface area contributed by atoms with Gasteiger partial charge in [0.2, 0.25) is 11.6 Å². The molecule has 0 amide bonds. The Balaban J connectivity index is 1.52. The fourth-order valence-electron chi connectivity index (χ4n) is 4.91. The van der Waals surface area contributed by atoms with E-state index in [1.165, 1.54) is 31.3 Å². The van der Waals surface area contributed by atoms with E-state index in [0.717, 1.165) is 0 Å². The number of nitrogens with zero attached hydrogens (tertiary/aromatic N) is 1.